The third-order valence-electron chi connectivity index (χ3n) is 3.56. The first kappa shape index (κ1) is 13.5. The van der Waals surface area contributed by atoms with Gasteiger partial charge in [0, 0.05) is 13.0 Å². The smallest absolute Gasteiger partial charge is 0.105 e. The first-order valence-corrected chi connectivity index (χ1v) is 6.42. The molecule has 1 fully saturated rings. The summed E-state index contributed by atoms with van der Waals surface area (Å²) in [6, 6.07) is 2.29. The Labute approximate surface area is 99.2 Å². The molecule has 1 saturated carbocycles. The van der Waals surface area contributed by atoms with Crippen LogP contribution in [0.25, 0.3) is 0 Å². The van der Waals surface area contributed by atoms with Crippen molar-refractivity contribution in [1.82, 2.24) is 5.32 Å². The first-order valence-electron chi connectivity index (χ1n) is 6.42. The molecule has 92 valence electrons. The molecular weight excluding hydrogens is 200 g/mol. The average molecular weight is 224 g/mol. The van der Waals surface area contributed by atoms with Crippen molar-refractivity contribution in [2.75, 3.05) is 13.7 Å². The topological polar surface area (TPSA) is 45.0 Å². The minimum atomic E-state index is -0.440. The molecule has 1 aliphatic carbocycles. The largest absolute Gasteiger partial charge is 0.378 e. The molecular formula is C13H24N2O. The zero-order valence-electron chi connectivity index (χ0n) is 10.6. The normalized spacial score (nSPS) is 22.1. The summed E-state index contributed by atoms with van der Waals surface area (Å²) < 4.78 is 5.87. The Balaban J connectivity index is 2.21. The molecule has 3 nitrogen and oxygen atoms in total. The summed E-state index contributed by atoms with van der Waals surface area (Å²) in [6.07, 6.45) is 8.89. The van der Waals surface area contributed by atoms with Crippen molar-refractivity contribution in [3.63, 3.8) is 0 Å². The average Bonchev–Trinajstić information content (AvgIpc) is 2.57. The Morgan fingerprint density at radius 2 is 1.94 bits per heavy atom. The standard InChI is InChI=1S/C13H24N2O/c1-13(11-14,15-2)9-10-16-12-7-5-3-4-6-8-12/h12,15H,3-10H2,1-2H3. The van der Waals surface area contributed by atoms with E-state index in [4.69, 9.17) is 10.00 Å². The summed E-state index contributed by atoms with van der Waals surface area (Å²) in [6.45, 7) is 2.61. The molecule has 1 N–H and O–H groups in total. The van der Waals surface area contributed by atoms with E-state index in [1.807, 2.05) is 14.0 Å². The molecule has 0 aromatic heterocycles. The first-order chi connectivity index (χ1) is 7.70. The Hall–Kier alpha value is -0.590. The molecule has 0 heterocycles. The van der Waals surface area contributed by atoms with Gasteiger partial charge in [-0.15, -0.1) is 0 Å². The van der Waals surface area contributed by atoms with Crippen LogP contribution in [0.5, 0.6) is 0 Å². The number of ether oxygens (including phenoxy) is 1. The van der Waals surface area contributed by atoms with Gasteiger partial charge >= 0.3 is 0 Å². The molecule has 1 atom stereocenters. The molecule has 0 aliphatic heterocycles. The second-order valence-corrected chi connectivity index (χ2v) is 4.93. The summed E-state index contributed by atoms with van der Waals surface area (Å²) in [5.41, 5.74) is -0.440. The van der Waals surface area contributed by atoms with Crippen molar-refractivity contribution in [3.8, 4) is 6.07 Å². The van der Waals surface area contributed by atoms with Gasteiger partial charge in [0.2, 0.25) is 0 Å². The van der Waals surface area contributed by atoms with Crippen LogP contribution in [0.15, 0.2) is 0 Å². The van der Waals surface area contributed by atoms with Crippen LogP contribution >= 0.6 is 0 Å². The van der Waals surface area contributed by atoms with Gasteiger partial charge in [0.25, 0.3) is 0 Å². The van der Waals surface area contributed by atoms with E-state index in [1.165, 1.54) is 38.5 Å². The molecule has 0 bridgehead atoms. The summed E-state index contributed by atoms with van der Waals surface area (Å²) in [7, 11) is 1.83. The van der Waals surface area contributed by atoms with Gasteiger partial charge in [0.05, 0.1) is 12.2 Å². The molecule has 0 spiro atoms. The monoisotopic (exact) mass is 224 g/mol. The molecule has 0 saturated heterocycles. The van der Waals surface area contributed by atoms with Gasteiger partial charge < -0.3 is 10.1 Å². The molecule has 1 aliphatic rings. The quantitative estimate of drug-likeness (QED) is 0.730. The lowest BCUT2D eigenvalue weighted by Gasteiger charge is -2.22. The molecule has 0 radical (unpaired) electrons. The van der Waals surface area contributed by atoms with Gasteiger partial charge in [-0.25, -0.2) is 0 Å². The van der Waals surface area contributed by atoms with Crippen molar-refractivity contribution in [3.05, 3.63) is 0 Å². The Morgan fingerprint density at radius 3 is 2.44 bits per heavy atom. The lowest BCUT2D eigenvalue weighted by Crippen LogP contribution is -2.39. The van der Waals surface area contributed by atoms with Crippen molar-refractivity contribution >= 4 is 0 Å². The highest BCUT2D eigenvalue weighted by Crippen LogP contribution is 2.20. The molecule has 1 rings (SSSR count). The maximum Gasteiger partial charge on any atom is 0.105 e. The molecule has 1 unspecified atom stereocenters. The van der Waals surface area contributed by atoms with Gasteiger partial charge in [-0.05, 0) is 26.8 Å². The fourth-order valence-electron chi connectivity index (χ4n) is 2.08. The SMILES string of the molecule is CNC(C)(C#N)CCOC1CCCCCC1. The van der Waals surface area contributed by atoms with E-state index in [2.05, 4.69) is 11.4 Å². The van der Waals surface area contributed by atoms with Gasteiger partial charge in [0.1, 0.15) is 5.54 Å². The number of nitriles is 1. The highest BCUT2D eigenvalue weighted by atomic mass is 16.5. The van der Waals surface area contributed by atoms with Crippen LogP contribution in [0.2, 0.25) is 0 Å². The fraction of sp³-hybridized carbons (Fsp3) is 0.923. The molecule has 3 heteroatoms. The second kappa shape index (κ2) is 6.88. The number of rotatable bonds is 5. The van der Waals surface area contributed by atoms with Crippen LogP contribution < -0.4 is 5.32 Å². The van der Waals surface area contributed by atoms with E-state index in [-0.39, 0.29) is 0 Å². The number of nitrogens with one attached hydrogen (secondary N) is 1. The number of hydrogen-bond donors (Lipinski definition) is 1. The van der Waals surface area contributed by atoms with Gasteiger partial charge in [0.15, 0.2) is 0 Å². The highest BCUT2D eigenvalue weighted by Gasteiger charge is 2.21. The van der Waals surface area contributed by atoms with Crippen LogP contribution in [0.1, 0.15) is 51.9 Å². The van der Waals surface area contributed by atoms with E-state index in [0.29, 0.717) is 12.7 Å². The Bertz CT molecular complexity index is 229. The minimum absolute atomic E-state index is 0.433. The zero-order chi connectivity index (χ0) is 11.9. The van der Waals surface area contributed by atoms with Crippen molar-refractivity contribution in [2.45, 2.75) is 63.5 Å². The van der Waals surface area contributed by atoms with Crippen molar-refractivity contribution in [2.24, 2.45) is 0 Å². The van der Waals surface area contributed by atoms with Gasteiger partial charge in [-0.2, -0.15) is 5.26 Å². The third-order valence-corrected chi connectivity index (χ3v) is 3.56. The van der Waals surface area contributed by atoms with Gasteiger partial charge in [-0.3, -0.25) is 0 Å². The van der Waals surface area contributed by atoms with E-state index in [1.54, 1.807) is 0 Å². The molecule has 16 heavy (non-hydrogen) atoms. The number of nitrogens with zero attached hydrogens (tertiary/aromatic N) is 1. The highest BCUT2D eigenvalue weighted by molar-refractivity contribution is 5.02. The predicted molar refractivity (Wildman–Crippen MR) is 65.1 cm³/mol. The second-order valence-electron chi connectivity index (χ2n) is 4.93. The maximum absolute atomic E-state index is 9.00. The molecule has 0 amide bonds. The predicted octanol–water partition coefficient (Wildman–Crippen LogP) is 2.62. The maximum atomic E-state index is 9.00. The molecule has 0 aromatic rings. The summed E-state index contributed by atoms with van der Waals surface area (Å²) in [4.78, 5) is 0. The van der Waals surface area contributed by atoms with Crippen LogP contribution in [-0.2, 0) is 4.74 Å². The number of hydrogen-bond acceptors (Lipinski definition) is 3. The lowest BCUT2D eigenvalue weighted by atomic mass is 10.0. The van der Waals surface area contributed by atoms with Crippen LogP contribution in [0.3, 0.4) is 0 Å². The summed E-state index contributed by atoms with van der Waals surface area (Å²) in [5, 5.41) is 12.0. The van der Waals surface area contributed by atoms with E-state index in [9.17, 15) is 0 Å². The van der Waals surface area contributed by atoms with Crippen molar-refractivity contribution in [1.29, 1.82) is 5.26 Å². The Kier molecular flexibility index (Phi) is 5.79. The lowest BCUT2D eigenvalue weighted by molar-refractivity contribution is 0.0350. The van der Waals surface area contributed by atoms with Crippen LogP contribution in [0.4, 0.5) is 0 Å². The van der Waals surface area contributed by atoms with E-state index < -0.39 is 5.54 Å². The van der Waals surface area contributed by atoms with Crippen LogP contribution in [0, 0.1) is 11.3 Å². The van der Waals surface area contributed by atoms with E-state index in [0.717, 1.165) is 6.42 Å². The van der Waals surface area contributed by atoms with E-state index >= 15 is 0 Å². The summed E-state index contributed by atoms with van der Waals surface area (Å²) >= 11 is 0. The zero-order valence-corrected chi connectivity index (χ0v) is 10.6. The molecule has 0 aromatic carbocycles. The summed E-state index contributed by atoms with van der Waals surface area (Å²) in [5.74, 6) is 0. The Morgan fingerprint density at radius 1 is 1.31 bits per heavy atom. The van der Waals surface area contributed by atoms with Gasteiger partial charge in [-0.1, -0.05) is 25.7 Å². The third kappa shape index (κ3) is 4.51. The minimum Gasteiger partial charge on any atom is -0.378 e. The van der Waals surface area contributed by atoms with Crippen molar-refractivity contribution < 1.29 is 4.74 Å². The van der Waals surface area contributed by atoms with Crippen LogP contribution in [-0.4, -0.2) is 25.3 Å². The fourth-order valence-corrected chi connectivity index (χ4v) is 2.08.